The van der Waals surface area contributed by atoms with Crippen LogP contribution in [0.4, 0.5) is 5.13 Å². The van der Waals surface area contributed by atoms with Crippen molar-refractivity contribution in [1.82, 2.24) is 4.98 Å². The first-order valence-electron chi connectivity index (χ1n) is 11.4. The normalized spacial score (nSPS) is 15.1. The predicted octanol–water partition coefficient (Wildman–Crippen LogP) is 6.80. The van der Waals surface area contributed by atoms with Crippen molar-refractivity contribution in [3.8, 4) is 40.8 Å². The van der Waals surface area contributed by atoms with E-state index in [2.05, 4.69) is 29.9 Å². The molecule has 0 saturated heterocycles. The van der Waals surface area contributed by atoms with Crippen LogP contribution in [0.3, 0.4) is 0 Å². The lowest BCUT2D eigenvalue weighted by Gasteiger charge is -2.31. The molecule has 1 aliphatic heterocycles. The largest absolute Gasteiger partial charge is 0.496 e. The average Bonchev–Trinajstić information content (AvgIpc) is 3.39. The second kappa shape index (κ2) is 9.40. The van der Waals surface area contributed by atoms with Crippen LogP contribution in [-0.2, 0) is 0 Å². The lowest BCUT2D eigenvalue weighted by Crippen LogP contribution is -2.29. The minimum atomic E-state index is 0.101. The number of anilines is 1. The van der Waals surface area contributed by atoms with Gasteiger partial charge in [-0.2, -0.15) is 0 Å². The summed E-state index contributed by atoms with van der Waals surface area (Å²) >= 11 is 8.29. The molecular weight excluding hydrogens is 468 g/mol. The number of rotatable bonds is 8. The van der Waals surface area contributed by atoms with Gasteiger partial charge in [0.25, 0.3) is 0 Å². The Hall–Kier alpha value is -2.88. The fourth-order valence-corrected chi connectivity index (χ4v) is 5.68. The lowest BCUT2D eigenvalue weighted by molar-refractivity contribution is 0.174. The molecule has 34 heavy (non-hydrogen) atoms. The van der Waals surface area contributed by atoms with E-state index in [1.807, 2.05) is 25.1 Å². The first-order valence-corrected chi connectivity index (χ1v) is 12.6. The number of ether oxygens (including phenoxy) is 3. The van der Waals surface area contributed by atoms with Crippen molar-refractivity contribution in [2.75, 3.05) is 25.3 Å². The Morgan fingerprint density at radius 2 is 2.03 bits per heavy atom. The van der Waals surface area contributed by atoms with Gasteiger partial charge in [0, 0.05) is 10.4 Å². The van der Waals surface area contributed by atoms with Gasteiger partial charge >= 0.3 is 0 Å². The molecule has 2 aliphatic rings. The second-order valence-electron chi connectivity index (χ2n) is 8.84. The maximum Gasteiger partial charge on any atom is 0.231 e. The zero-order valence-corrected chi connectivity index (χ0v) is 21.1. The third-order valence-electron chi connectivity index (χ3n) is 6.44. The van der Waals surface area contributed by atoms with E-state index in [4.69, 9.17) is 37.2 Å². The molecule has 7 heteroatoms. The summed E-state index contributed by atoms with van der Waals surface area (Å²) in [5, 5.41) is 1.52. The molecule has 0 bridgehead atoms. The number of halogens is 1. The van der Waals surface area contributed by atoms with Crippen molar-refractivity contribution in [1.29, 1.82) is 0 Å². The molecule has 1 fully saturated rings. The molecule has 1 aliphatic carbocycles. The van der Waals surface area contributed by atoms with Crippen molar-refractivity contribution in [2.45, 2.75) is 39.2 Å². The zero-order valence-electron chi connectivity index (χ0n) is 19.6. The molecule has 1 unspecified atom stereocenters. The fourth-order valence-electron chi connectivity index (χ4n) is 4.46. The van der Waals surface area contributed by atoms with Crippen LogP contribution < -0.4 is 19.1 Å². The van der Waals surface area contributed by atoms with E-state index >= 15 is 0 Å². The molecule has 1 saturated carbocycles. The summed E-state index contributed by atoms with van der Waals surface area (Å²) in [5.41, 5.74) is 3.97. The third kappa shape index (κ3) is 4.43. The van der Waals surface area contributed by atoms with E-state index in [1.165, 1.54) is 18.4 Å². The van der Waals surface area contributed by atoms with Gasteiger partial charge in [-0.25, -0.2) is 4.98 Å². The summed E-state index contributed by atoms with van der Waals surface area (Å²) < 4.78 is 16.6. The van der Waals surface area contributed by atoms with Gasteiger partial charge in [0.1, 0.15) is 5.75 Å². The van der Waals surface area contributed by atoms with Crippen LogP contribution in [0.5, 0.6) is 17.2 Å². The number of hydrogen-bond donors (Lipinski definition) is 0. The summed E-state index contributed by atoms with van der Waals surface area (Å²) in [7, 11) is 1.65. The molecule has 0 N–H and O–H groups in total. The van der Waals surface area contributed by atoms with Crippen LogP contribution in [0.1, 0.15) is 41.3 Å². The Balaban J connectivity index is 1.54. The molecule has 1 atom stereocenters. The summed E-state index contributed by atoms with van der Waals surface area (Å²) in [6, 6.07) is 10.2. The second-order valence-corrected chi connectivity index (χ2v) is 10.4. The first-order chi connectivity index (χ1) is 16.5. The Bertz CT molecular complexity index is 1260. The molecule has 5 nitrogen and oxygen atoms in total. The van der Waals surface area contributed by atoms with E-state index in [0.29, 0.717) is 17.5 Å². The van der Waals surface area contributed by atoms with E-state index in [9.17, 15) is 0 Å². The zero-order chi connectivity index (χ0) is 23.8. The predicted molar refractivity (Wildman–Crippen MR) is 137 cm³/mol. The van der Waals surface area contributed by atoms with E-state index in [0.717, 1.165) is 50.5 Å². The molecule has 176 valence electrons. The van der Waals surface area contributed by atoms with Crippen LogP contribution >= 0.6 is 22.9 Å². The van der Waals surface area contributed by atoms with Crippen LogP contribution in [0.15, 0.2) is 30.3 Å². The summed E-state index contributed by atoms with van der Waals surface area (Å²) in [5.74, 6) is 5.90. The summed E-state index contributed by atoms with van der Waals surface area (Å²) in [6.07, 6.45) is 9.40. The number of benzene rings is 2. The lowest BCUT2D eigenvalue weighted by atomic mass is 9.99. The molecule has 1 aromatic heterocycles. The van der Waals surface area contributed by atoms with Crippen LogP contribution in [0.25, 0.3) is 11.3 Å². The van der Waals surface area contributed by atoms with Gasteiger partial charge in [-0.15, -0.1) is 17.8 Å². The highest BCUT2D eigenvalue weighted by atomic mass is 35.5. The van der Waals surface area contributed by atoms with Crippen LogP contribution in [-0.4, -0.2) is 25.4 Å². The number of aryl methyl sites for hydroxylation is 2. The highest BCUT2D eigenvalue weighted by molar-refractivity contribution is 7.16. The highest BCUT2D eigenvalue weighted by Crippen LogP contribution is 2.46. The van der Waals surface area contributed by atoms with Gasteiger partial charge in [-0.1, -0.05) is 36.4 Å². The SMILES string of the molecule is C#CCN(c1nc(-c2cc(C)c(OC)cc2Cl)c(C)s1)C(CC1CC1)c1ccc2c(c1)OCO2. The van der Waals surface area contributed by atoms with E-state index < -0.39 is 0 Å². The molecule has 0 spiro atoms. The molecule has 0 radical (unpaired) electrons. The van der Waals surface area contributed by atoms with Crippen molar-refractivity contribution >= 4 is 28.1 Å². The van der Waals surface area contributed by atoms with Gasteiger partial charge in [0.2, 0.25) is 6.79 Å². The minimum absolute atomic E-state index is 0.101. The van der Waals surface area contributed by atoms with Gasteiger partial charge < -0.3 is 19.1 Å². The quantitative estimate of drug-likeness (QED) is 0.322. The maximum atomic E-state index is 6.64. The Labute approximate surface area is 209 Å². The standard InChI is InChI=1S/C27H27ClN2O3S/c1-5-10-30(22(12-18-6-7-18)19-8-9-23-25(13-19)33-15-32-23)27-29-26(17(3)34-27)20-11-16(2)24(31-4)14-21(20)28/h1,8-9,11,13-14,18,22H,6-7,10,12,15H2,2-4H3. The van der Waals surface area contributed by atoms with Crippen molar-refractivity contribution in [2.24, 2.45) is 5.92 Å². The fraction of sp³-hybridized carbons (Fsp3) is 0.370. The van der Waals surface area contributed by atoms with Crippen LogP contribution in [0, 0.1) is 32.1 Å². The van der Waals surface area contributed by atoms with Gasteiger partial charge in [-0.3, -0.25) is 0 Å². The number of aromatic nitrogens is 1. The van der Waals surface area contributed by atoms with Gasteiger partial charge in [-0.05, 0) is 61.6 Å². The number of terminal acetylenes is 1. The number of hydrogen-bond acceptors (Lipinski definition) is 6. The van der Waals surface area contributed by atoms with Crippen molar-refractivity contribution in [3.63, 3.8) is 0 Å². The van der Waals surface area contributed by atoms with Gasteiger partial charge in [0.15, 0.2) is 16.6 Å². The average molecular weight is 495 g/mol. The number of thiazole rings is 1. The first kappa shape index (κ1) is 22.9. The molecular formula is C27H27ClN2O3S. The Morgan fingerprint density at radius 3 is 2.76 bits per heavy atom. The summed E-state index contributed by atoms with van der Waals surface area (Å²) in [6.45, 7) is 4.82. The topological polar surface area (TPSA) is 43.8 Å². The van der Waals surface area contributed by atoms with Crippen LogP contribution in [0.2, 0.25) is 5.02 Å². The van der Waals surface area contributed by atoms with Crippen molar-refractivity contribution < 1.29 is 14.2 Å². The number of methoxy groups -OCH3 is 1. The molecule has 3 aromatic rings. The molecule has 2 heterocycles. The molecule has 2 aromatic carbocycles. The number of fused-ring (bicyclic) bond motifs is 1. The Morgan fingerprint density at radius 1 is 1.24 bits per heavy atom. The highest BCUT2D eigenvalue weighted by Gasteiger charge is 2.32. The molecule has 5 rings (SSSR count). The van der Waals surface area contributed by atoms with E-state index in [-0.39, 0.29) is 12.8 Å². The Kier molecular flexibility index (Phi) is 6.33. The summed E-state index contributed by atoms with van der Waals surface area (Å²) in [4.78, 5) is 8.42. The van der Waals surface area contributed by atoms with Gasteiger partial charge in [0.05, 0.1) is 30.4 Å². The maximum absolute atomic E-state index is 6.64. The minimum Gasteiger partial charge on any atom is -0.496 e. The smallest absolute Gasteiger partial charge is 0.231 e. The van der Waals surface area contributed by atoms with Crippen molar-refractivity contribution in [3.05, 3.63) is 51.4 Å². The third-order valence-corrected chi connectivity index (χ3v) is 7.76. The monoisotopic (exact) mass is 494 g/mol. The number of nitrogens with zero attached hydrogens (tertiary/aromatic N) is 2. The van der Waals surface area contributed by atoms with E-state index in [1.54, 1.807) is 18.4 Å². The molecule has 0 amide bonds.